The molecule has 0 saturated carbocycles. The van der Waals surface area contributed by atoms with Gasteiger partial charge in [-0.1, -0.05) is 23.7 Å². The number of hydrogen-bond donors (Lipinski definition) is 3. The van der Waals surface area contributed by atoms with Crippen LogP contribution in [0, 0.1) is 5.92 Å². The van der Waals surface area contributed by atoms with Crippen LogP contribution in [-0.2, 0) is 0 Å². The predicted octanol–water partition coefficient (Wildman–Crippen LogP) is 1.34. The Bertz CT molecular complexity index is 732. The van der Waals surface area contributed by atoms with Crippen molar-refractivity contribution in [1.82, 2.24) is 20.1 Å². The Hall–Kier alpha value is -2.12. The molecule has 0 radical (unpaired) electrons. The number of benzene rings is 1. The molecule has 2 aromatic rings. The molecular formula is C15H17ClN4O3. The lowest BCUT2D eigenvalue weighted by atomic mass is 9.87. The quantitative estimate of drug-likeness (QED) is 0.787. The number of H-pyrrole nitrogens is 2. The molecule has 122 valence electrons. The molecule has 1 aromatic carbocycles. The lowest BCUT2D eigenvalue weighted by molar-refractivity contribution is 0.0455. The van der Waals surface area contributed by atoms with E-state index in [1.165, 1.54) is 0 Å². The van der Waals surface area contributed by atoms with Crippen molar-refractivity contribution >= 4 is 17.5 Å². The van der Waals surface area contributed by atoms with Gasteiger partial charge in [0.25, 0.3) is 5.91 Å². The Morgan fingerprint density at radius 2 is 1.96 bits per heavy atom. The van der Waals surface area contributed by atoms with Gasteiger partial charge in [0, 0.05) is 18.1 Å². The second kappa shape index (κ2) is 6.55. The van der Waals surface area contributed by atoms with Gasteiger partial charge < -0.3 is 10.0 Å². The van der Waals surface area contributed by atoms with Gasteiger partial charge in [-0.05, 0) is 36.5 Å². The summed E-state index contributed by atoms with van der Waals surface area (Å²) in [6, 6.07) is 7.15. The number of aromatic nitrogens is 3. The molecule has 1 amide bonds. The minimum atomic E-state index is -0.574. The lowest BCUT2D eigenvalue weighted by Gasteiger charge is -2.33. The van der Waals surface area contributed by atoms with E-state index >= 15 is 0 Å². The molecule has 0 bridgehead atoms. The first kappa shape index (κ1) is 15.8. The fourth-order valence-electron chi connectivity index (χ4n) is 2.87. The van der Waals surface area contributed by atoms with Gasteiger partial charge in [0.15, 0.2) is 0 Å². The number of aromatic amines is 2. The summed E-state index contributed by atoms with van der Waals surface area (Å²) in [5.74, 6) is -0.201. The van der Waals surface area contributed by atoms with Gasteiger partial charge in [-0.3, -0.25) is 9.78 Å². The molecule has 8 heteroatoms. The van der Waals surface area contributed by atoms with Crippen molar-refractivity contribution in [3.63, 3.8) is 0 Å². The number of likely N-dealkylation sites (tertiary alicyclic amines) is 1. The largest absolute Gasteiger partial charge is 0.388 e. The minimum absolute atomic E-state index is 0.0201. The van der Waals surface area contributed by atoms with Gasteiger partial charge in [0.05, 0.1) is 6.10 Å². The average Bonchev–Trinajstić information content (AvgIpc) is 3.01. The molecule has 1 saturated heterocycles. The molecule has 7 nitrogen and oxygen atoms in total. The standard InChI is InChI=1S/C15H17ClN4O3/c16-11-3-1-9(2-4-11)12(21)10-5-7-20(8-6-10)14(22)13-17-15(23)19-18-13/h1-4,10,12,21H,5-8H2,(H2,17,18,19,23). The van der Waals surface area contributed by atoms with E-state index in [2.05, 4.69) is 15.2 Å². The monoisotopic (exact) mass is 336 g/mol. The van der Waals surface area contributed by atoms with Gasteiger partial charge in [-0.15, -0.1) is 5.10 Å². The number of aliphatic hydroxyl groups excluding tert-OH is 1. The Kier molecular flexibility index (Phi) is 4.49. The maximum absolute atomic E-state index is 12.2. The number of carbonyl (C=O) groups excluding carboxylic acids is 1. The van der Waals surface area contributed by atoms with Crippen molar-refractivity contribution < 1.29 is 9.90 Å². The van der Waals surface area contributed by atoms with E-state index in [0.717, 1.165) is 5.56 Å². The second-order valence-electron chi connectivity index (χ2n) is 5.65. The summed E-state index contributed by atoms with van der Waals surface area (Å²) in [5, 5.41) is 16.9. The van der Waals surface area contributed by atoms with Gasteiger partial charge in [-0.25, -0.2) is 9.89 Å². The van der Waals surface area contributed by atoms with Gasteiger partial charge >= 0.3 is 5.69 Å². The van der Waals surface area contributed by atoms with Crippen LogP contribution >= 0.6 is 11.6 Å². The number of nitrogens with one attached hydrogen (secondary N) is 2. The van der Waals surface area contributed by atoms with Crippen LogP contribution in [0.25, 0.3) is 0 Å². The van der Waals surface area contributed by atoms with Crippen LogP contribution in [0.4, 0.5) is 0 Å². The smallest absolute Gasteiger partial charge is 0.341 e. The number of aliphatic hydroxyl groups is 1. The summed E-state index contributed by atoms with van der Waals surface area (Å²) >= 11 is 5.86. The second-order valence-corrected chi connectivity index (χ2v) is 6.09. The van der Waals surface area contributed by atoms with E-state index < -0.39 is 11.8 Å². The lowest BCUT2D eigenvalue weighted by Crippen LogP contribution is -2.40. The number of nitrogens with zero attached hydrogens (tertiary/aromatic N) is 2. The zero-order valence-corrected chi connectivity index (χ0v) is 13.1. The molecule has 1 aliphatic rings. The fourth-order valence-corrected chi connectivity index (χ4v) is 3.00. The summed E-state index contributed by atoms with van der Waals surface area (Å²) in [6.45, 7) is 1.03. The van der Waals surface area contributed by atoms with E-state index in [1.807, 2.05) is 12.1 Å². The zero-order valence-electron chi connectivity index (χ0n) is 12.3. The van der Waals surface area contributed by atoms with E-state index in [-0.39, 0.29) is 17.6 Å². The number of carbonyl (C=O) groups is 1. The van der Waals surface area contributed by atoms with E-state index in [9.17, 15) is 14.7 Å². The predicted molar refractivity (Wildman–Crippen MR) is 84.2 cm³/mol. The highest BCUT2D eigenvalue weighted by Gasteiger charge is 2.29. The molecule has 23 heavy (non-hydrogen) atoms. The zero-order chi connectivity index (χ0) is 16.4. The Labute approximate surface area is 137 Å². The highest BCUT2D eigenvalue weighted by Crippen LogP contribution is 2.31. The average molecular weight is 337 g/mol. The number of halogens is 1. The number of piperidine rings is 1. The van der Waals surface area contributed by atoms with Crippen molar-refractivity contribution in [3.05, 3.63) is 51.2 Å². The molecule has 1 fully saturated rings. The van der Waals surface area contributed by atoms with Crippen LogP contribution in [0.5, 0.6) is 0 Å². The molecule has 1 unspecified atom stereocenters. The molecule has 0 aliphatic carbocycles. The third-order valence-electron chi connectivity index (χ3n) is 4.19. The van der Waals surface area contributed by atoms with Crippen molar-refractivity contribution in [2.45, 2.75) is 18.9 Å². The number of hydrogen-bond acceptors (Lipinski definition) is 4. The van der Waals surface area contributed by atoms with E-state index in [4.69, 9.17) is 11.6 Å². The Balaban J connectivity index is 1.60. The first-order valence-corrected chi connectivity index (χ1v) is 7.80. The summed E-state index contributed by atoms with van der Waals surface area (Å²) in [5.41, 5.74) is 0.331. The van der Waals surface area contributed by atoms with Gasteiger partial charge in [0.2, 0.25) is 5.82 Å². The van der Waals surface area contributed by atoms with Gasteiger partial charge in [0.1, 0.15) is 0 Å². The van der Waals surface area contributed by atoms with Crippen LogP contribution in [0.15, 0.2) is 29.1 Å². The van der Waals surface area contributed by atoms with Crippen LogP contribution in [-0.4, -0.2) is 44.2 Å². The molecule has 1 atom stereocenters. The number of amides is 1. The molecule has 3 N–H and O–H groups in total. The third-order valence-corrected chi connectivity index (χ3v) is 4.44. The van der Waals surface area contributed by atoms with Crippen LogP contribution < -0.4 is 5.69 Å². The summed E-state index contributed by atoms with van der Waals surface area (Å²) in [7, 11) is 0. The molecule has 0 spiro atoms. The third kappa shape index (κ3) is 3.46. The SMILES string of the molecule is O=C(c1n[nH]c(=O)[nH]1)N1CCC(C(O)c2ccc(Cl)cc2)CC1. The van der Waals surface area contributed by atoms with E-state index in [1.54, 1.807) is 17.0 Å². The highest BCUT2D eigenvalue weighted by molar-refractivity contribution is 6.30. The summed E-state index contributed by atoms with van der Waals surface area (Å²) in [6.07, 6.45) is 0.795. The fraction of sp³-hybridized carbons (Fsp3) is 0.400. The normalized spacial score (nSPS) is 17.2. The highest BCUT2D eigenvalue weighted by atomic mass is 35.5. The van der Waals surface area contributed by atoms with Crippen molar-refractivity contribution in [3.8, 4) is 0 Å². The minimum Gasteiger partial charge on any atom is -0.388 e. The van der Waals surface area contributed by atoms with Crippen LogP contribution in [0.3, 0.4) is 0 Å². The number of rotatable bonds is 3. The maximum Gasteiger partial charge on any atom is 0.341 e. The maximum atomic E-state index is 12.2. The molecular weight excluding hydrogens is 320 g/mol. The summed E-state index contributed by atoms with van der Waals surface area (Å²) in [4.78, 5) is 27.2. The van der Waals surface area contributed by atoms with Crippen LogP contribution in [0.2, 0.25) is 5.02 Å². The summed E-state index contributed by atoms with van der Waals surface area (Å²) < 4.78 is 0. The first-order valence-electron chi connectivity index (χ1n) is 7.42. The van der Waals surface area contributed by atoms with Gasteiger partial charge in [-0.2, -0.15) is 0 Å². The molecule has 3 rings (SSSR count). The Morgan fingerprint density at radius 1 is 1.30 bits per heavy atom. The molecule has 1 aromatic heterocycles. The first-order chi connectivity index (χ1) is 11.0. The van der Waals surface area contributed by atoms with Crippen molar-refractivity contribution in [2.75, 3.05) is 13.1 Å². The van der Waals surface area contributed by atoms with E-state index in [0.29, 0.717) is 31.0 Å². The molecule has 2 heterocycles. The van der Waals surface area contributed by atoms with Crippen LogP contribution in [0.1, 0.15) is 35.1 Å². The van der Waals surface area contributed by atoms with Crippen molar-refractivity contribution in [1.29, 1.82) is 0 Å². The van der Waals surface area contributed by atoms with Crippen molar-refractivity contribution in [2.24, 2.45) is 5.92 Å². The Morgan fingerprint density at radius 3 is 2.52 bits per heavy atom. The molecule has 1 aliphatic heterocycles. The topological polar surface area (TPSA) is 102 Å².